The number of carbonyl (C=O) groups is 3. The van der Waals surface area contributed by atoms with Crippen LogP contribution in [-0.2, 0) is 20.8 Å². The van der Waals surface area contributed by atoms with Crippen molar-refractivity contribution in [2.75, 3.05) is 13.1 Å². The van der Waals surface area contributed by atoms with E-state index in [-0.39, 0.29) is 37.2 Å². The van der Waals surface area contributed by atoms with Crippen molar-refractivity contribution in [1.29, 1.82) is 0 Å². The van der Waals surface area contributed by atoms with Crippen molar-refractivity contribution in [3.05, 3.63) is 35.9 Å². The first kappa shape index (κ1) is 18.0. The minimum atomic E-state index is -0.843. The van der Waals surface area contributed by atoms with Gasteiger partial charge in [-0.25, -0.2) is 0 Å². The molecule has 130 valence electrons. The Morgan fingerprint density at radius 1 is 1.17 bits per heavy atom. The summed E-state index contributed by atoms with van der Waals surface area (Å²) in [6.45, 7) is 0.604. The van der Waals surface area contributed by atoms with Crippen molar-refractivity contribution < 1.29 is 19.5 Å². The maximum atomic E-state index is 12.4. The molecule has 0 bridgehead atoms. The maximum Gasteiger partial charge on any atom is 0.303 e. The Bertz CT molecular complexity index is 574. The van der Waals surface area contributed by atoms with Crippen LogP contribution in [0, 0.1) is 0 Å². The van der Waals surface area contributed by atoms with Crippen molar-refractivity contribution in [2.45, 2.75) is 44.6 Å². The van der Waals surface area contributed by atoms with Gasteiger partial charge in [0.1, 0.15) is 0 Å². The monoisotopic (exact) mass is 332 g/mol. The zero-order chi connectivity index (χ0) is 17.4. The minimum absolute atomic E-state index is 0.0325. The lowest BCUT2D eigenvalue weighted by molar-refractivity contribution is -0.140. The number of hydrogen-bond acceptors (Lipinski definition) is 3. The summed E-state index contributed by atoms with van der Waals surface area (Å²) >= 11 is 0. The number of likely N-dealkylation sites (tertiary alicyclic amines) is 1. The molecule has 6 nitrogen and oxygen atoms in total. The van der Waals surface area contributed by atoms with Gasteiger partial charge in [0.2, 0.25) is 11.8 Å². The highest BCUT2D eigenvalue weighted by Crippen LogP contribution is 2.20. The quantitative estimate of drug-likeness (QED) is 0.794. The van der Waals surface area contributed by atoms with E-state index in [1.807, 2.05) is 30.3 Å². The molecule has 2 N–H and O–H groups in total. The fourth-order valence-corrected chi connectivity index (χ4v) is 3.04. The summed E-state index contributed by atoms with van der Waals surface area (Å²) in [5.41, 5.74) is 0.903. The molecule has 1 aliphatic heterocycles. The highest BCUT2D eigenvalue weighted by atomic mass is 16.4. The summed E-state index contributed by atoms with van der Waals surface area (Å²) in [6, 6.07) is 9.33. The summed E-state index contributed by atoms with van der Waals surface area (Å²) in [5, 5.41) is 11.5. The van der Waals surface area contributed by atoms with Crippen LogP contribution >= 0.6 is 0 Å². The average Bonchev–Trinajstić information content (AvgIpc) is 2.59. The van der Waals surface area contributed by atoms with E-state index in [0.29, 0.717) is 13.0 Å². The molecule has 1 aromatic rings. The standard InChI is InChI=1S/C18H24N2O4/c21-16(12-14-6-2-1-3-7-14)19-13-17(22)20-11-5-4-8-15(20)9-10-18(23)24/h1-3,6-7,15H,4-5,8-13H2,(H,19,21)(H,23,24). The van der Waals surface area contributed by atoms with Crippen LogP contribution in [-0.4, -0.2) is 46.9 Å². The third-order valence-electron chi connectivity index (χ3n) is 4.28. The molecule has 24 heavy (non-hydrogen) atoms. The summed E-state index contributed by atoms with van der Waals surface area (Å²) in [4.78, 5) is 36.8. The van der Waals surface area contributed by atoms with Gasteiger partial charge in [-0.15, -0.1) is 0 Å². The number of nitrogens with zero attached hydrogens (tertiary/aromatic N) is 1. The van der Waals surface area contributed by atoms with Gasteiger partial charge in [-0.1, -0.05) is 30.3 Å². The molecule has 1 aromatic carbocycles. The van der Waals surface area contributed by atoms with Crippen molar-refractivity contribution >= 4 is 17.8 Å². The van der Waals surface area contributed by atoms with E-state index in [4.69, 9.17) is 5.11 Å². The predicted molar refractivity (Wildman–Crippen MR) is 89.4 cm³/mol. The summed E-state index contributed by atoms with van der Waals surface area (Å²) < 4.78 is 0. The number of carboxylic acid groups (broad SMARTS) is 1. The minimum Gasteiger partial charge on any atom is -0.481 e. The van der Waals surface area contributed by atoms with Gasteiger partial charge in [0, 0.05) is 19.0 Å². The Balaban J connectivity index is 1.81. The Labute approximate surface area is 141 Å². The van der Waals surface area contributed by atoms with E-state index in [0.717, 1.165) is 24.8 Å². The molecule has 0 aromatic heterocycles. The van der Waals surface area contributed by atoms with E-state index in [1.165, 1.54) is 0 Å². The highest BCUT2D eigenvalue weighted by Gasteiger charge is 2.26. The van der Waals surface area contributed by atoms with Gasteiger partial charge >= 0.3 is 5.97 Å². The predicted octanol–water partition coefficient (Wildman–Crippen LogP) is 1.59. The number of carbonyl (C=O) groups excluding carboxylic acids is 2. The maximum absolute atomic E-state index is 12.4. The second kappa shape index (κ2) is 9.05. The number of piperidine rings is 1. The third-order valence-corrected chi connectivity index (χ3v) is 4.28. The number of aliphatic carboxylic acids is 1. The van der Waals surface area contributed by atoms with E-state index in [9.17, 15) is 14.4 Å². The lowest BCUT2D eigenvalue weighted by Crippen LogP contribution is -2.48. The van der Waals surface area contributed by atoms with Gasteiger partial charge in [0.05, 0.1) is 13.0 Å². The van der Waals surface area contributed by atoms with E-state index >= 15 is 0 Å². The fraction of sp³-hybridized carbons (Fsp3) is 0.500. The van der Waals surface area contributed by atoms with Crippen molar-refractivity contribution in [3.63, 3.8) is 0 Å². The third kappa shape index (κ3) is 5.68. The first-order valence-corrected chi connectivity index (χ1v) is 8.38. The SMILES string of the molecule is O=C(O)CCC1CCCCN1C(=O)CNC(=O)Cc1ccccc1. The van der Waals surface area contributed by atoms with E-state index in [2.05, 4.69) is 5.32 Å². The number of amides is 2. The Hall–Kier alpha value is -2.37. The van der Waals surface area contributed by atoms with Gasteiger partial charge in [-0.3, -0.25) is 14.4 Å². The van der Waals surface area contributed by atoms with Gasteiger partial charge in [-0.05, 0) is 31.2 Å². The zero-order valence-corrected chi connectivity index (χ0v) is 13.7. The van der Waals surface area contributed by atoms with E-state index in [1.54, 1.807) is 4.90 Å². The zero-order valence-electron chi connectivity index (χ0n) is 13.7. The molecule has 6 heteroatoms. The molecule has 2 amide bonds. The van der Waals surface area contributed by atoms with Crippen LogP contribution in [0.25, 0.3) is 0 Å². The molecule has 1 atom stereocenters. The van der Waals surface area contributed by atoms with Crippen LogP contribution < -0.4 is 5.32 Å². The molecular formula is C18H24N2O4. The largest absolute Gasteiger partial charge is 0.481 e. The smallest absolute Gasteiger partial charge is 0.303 e. The molecule has 1 fully saturated rings. The van der Waals surface area contributed by atoms with E-state index < -0.39 is 5.97 Å². The van der Waals surface area contributed by atoms with Gasteiger partial charge in [0.15, 0.2) is 0 Å². The van der Waals surface area contributed by atoms with Crippen molar-refractivity contribution in [1.82, 2.24) is 10.2 Å². The van der Waals surface area contributed by atoms with Crippen LogP contribution in [0.15, 0.2) is 30.3 Å². The van der Waals surface area contributed by atoms with Crippen LogP contribution in [0.5, 0.6) is 0 Å². The number of hydrogen-bond donors (Lipinski definition) is 2. The average molecular weight is 332 g/mol. The first-order valence-electron chi connectivity index (χ1n) is 8.38. The number of benzene rings is 1. The Morgan fingerprint density at radius 3 is 2.62 bits per heavy atom. The van der Waals surface area contributed by atoms with Gasteiger partial charge in [-0.2, -0.15) is 0 Å². The van der Waals surface area contributed by atoms with Crippen molar-refractivity contribution in [3.8, 4) is 0 Å². The van der Waals surface area contributed by atoms with Crippen molar-refractivity contribution in [2.24, 2.45) is 0 Å². The molecule has 0 aliphatic carbocycles. The highest BCUT2D eigenvalue weighted by molar-refractivity contribution is 5.86. The topological polar surface area (TPSA) is 86.7 Å². The summed E-state index contributed by atoms with van der Waals surface area (Å²) in [6.07, 6.45) is 3.54. The lowest BCUT2D eigenvalue weighted by atomic mass is 9.98. The lowest BCUT2D eigenvalue weighted by Gasteiger charge is -2.35. The summed E-state index contributed by atoms with van der Waals surface area (Å²) in [7, 11) is 0. The number of carboxylic acids is 1. The first-order chi connectivity index (χ1) is 11.6. The summed E-state index contributed by atoms with van der Waals surface area (Å²) in [5.74, 6) is -1.16. The molecular weight excluding hydrogens is 308 g/mol. The van der Waals surface area contributed by atoms with Gasteiger partial charge < -0.3 is 15.3 Å². The number of nitrogens with one attached hydrogen (secondary N) is 1. The Kier molecular flexibility index (Phi) is 6.78. The van der Waals surface area contributed by atoms with Crippen LogP contribution in [0.3, 0.4) is 0 Å². The second-order valence-corrected chi connectivity index (χ2v) is 6.11. The van der Waals surface area contributed by atoms with Crippen LogP contribution in [0.1, 0.15) is 37.7 Å². The molecule has 2 rings (SSSR count). The molecule has 1 heterocycles. The molecule has 1 aliphatic rings. The number of rotatable bonds is 7. The Morgan fingerprint density at radius 2 is 1.92 bits per heavy atom. The molecule has 0 spiro atoms. The normalized spacial score (nSPS) is 17.3. The van der Waals surface area contributed by atoms with Crippen LogP contribution in [0.2, 0.25) is 0 Å². The van der Waals surface area contributed by atoms with Gasteiger partial charge in [0.25, 0.3) is 0 Å². The van der Waals surface area contributed by atoms with Crippen LogP contribution in [0.4, 0.5) is 0 Å². The second-order valence-electron chi connectivity index (χ2n) is 6.11. The molecule has 1 saturated heterocycles. The fourth-order valence-electron chi connectivity index (χ4n) is 3.04. The molecule has 1 unspecified atom stereocenters. The molecule has 0 saturated carbocycles. The molecule has 0 radical (unpaired) electrons.